The summed E-state index contributed by atoms with van der Waals surface area (Å²) in [4.78, 5) is 2.69. The van der Waals surface area contributed by atoms with Crippen LogP contribution in [0.2, 0.25) is 0 Å². The van der Waals surface area contributed by atoms with Gasteiger partial charge in [-0.2, -0.15) is 0 Å². The second-order valence-corrected chi connectivity index (χ2v) is 5.12. The van der Waals surface area contributed by atoms with E-state index >= 15 is 0 Å². The summed E-state index contributed by atoms with van der Waals surface area (Å²) >= 11 is 0. The first-order chi connectivity index (χ1) is 7.75. The Morgan fingerprint density at radius 3 is 2.31 bits per heavy atom. The molecule has 2 saturated heterocycles. The van der Waals surface area contributed by atoms with Crippen LogP contribution in [0.25, 0.3) is 0 Å². The lowest BCUT2D eigenvalue weighted by molar-refractivity contribution is -0.0816. The van der Waals surface area contributed by atoms with Crippen LogP contribution in [-0.4, -0.2) is 36.2 Å². The van der Waals surface area contributed by atoms with Gasteiger partial charge in [0.1, 0.15) is 0 Å². The normalized spacial score (nSPS) is 31.3. The van der Waals surface area contributed by atoms with Gasteiger partial charge in [-0.1, -0.05) is 20.3 Å². The van der Waals surface area contributed by atoms with Gasteiger partial charge in [-0.3, -0.25) is 4.90 Å². The molecule has 0 aliphatic carbocycles. The molecule has 96 valence electrons. The number of likely N-dealkylation sites (tertiary alicyclic amines) is 1. The lowest BCUT2D eigenvalue weighted by Crippen LogP contribution is -2.58. The molecule has 0 bridgehead atoms. The molecule has 0 aromatic carbocycles. The minimum absolute atomic E-state index is 0.407. The van der Waals surface area contributed by atoms with Gasteiger partial charge in [0, 0.05) is 18.2 Å². The van der Waals surface area contributed by atoms with Gasteiger partial charge in [0.25, 0.3) is 0 Å². The molecule has 2 heteroatoms. The zero-order valence-corrected chi connectivity index (χ0v) is 11.6. The number of hydrogen-bond donors (Lipinski definition) is 0. The van der Waals surface area contributed by atoms with Crippen LogP contribution in [0.15, 0.2) is 0 Å². The maximum absolute atomic E-state index is 5.70. The fourth-order valence-corrected chi connectivity index (χ4v) is 3.18. The SMILES string of the molecule is CC.CC(C)N1CCCCC12CCCOC2. The lowest BCUT2D eigenvalue weighted by atomic mass is 9.81. The molecule has 1 spiro atoms. The second-order valence-electron chi connectivity index (χ2n) is 5.12. The molecule has 2 aliphatic rings. The molecule has 2 rings (SSSR count). The van der Waals surface area contributed by atoms with Gasteiger partial charge >= 0.3 is 0 Å². The molecular weight excluding hydrogens is 198 g/mol. The molecule has 2 aliphatic heterocycles. The van der Waals surface area contributed by atoms with E-state index in [2.05, 4.69) is 18.7 Å². The Balaban J connectivity index is 0.000000606. The molecule has 2 nitrogen and oxygen atoms in total. The highest BCUT2D eigenvalue weighted by atomic mass is 16.5. The molecule has 0 aromatic heterocycles. The highest BCUT2D eigenvalue weighted by Gasteiger charge is 2.41. The third-order valence-corrected chi connectivity index (χ3v) is 3.83. The first kappa shape index (κ1) is 14.0. The van der Waals surface area contributed by atoms with E-state index in [0.717, 1.165) is 13.2 Å². The van der Waals surface area contributed by atoms with Crippen molar-refractivity contribution < 1.29 is 4.74 Å². The number of piperidine rings is 1. The predicted octanol–water partition coefficient (Wildman–Crippen LogP) is 3.46. The van der Waals surface area contributed by atoms with Crippen LogP contribution >= 0.6 is 0 Å². The second kappa shape index (κ2) is 6.61. The van der Waals surface area contributed by atoms with Crippen molar-refractivity contribution in [3.8, 4) is 0 Å². The molecule has 16 heavy (non-hydrogen) atoms. The van der Waals surface area contributed by atoms with Gasteiger partial charge in [0.2, 0.25) is 0 Å². The van der Waals surface area contributed by atoms with Crippen molar-refractivity contribution in [1.82, 2.24) is 4.90 Å². The lowest BCUT2D eigenvalue weighted by Gasteiger charge is -2.51. The van der Waals surface area contributed by atoms with Crippen molar-refractivity contribution in [3.05, 3.63) is 0 Å². The summed E-state index contributed by atoms with van der Waals surface area (Å²) in [6.45, 7) is 11.9. The molecule has 0 saturated carbocycles. The Bertz CT molecular complexity index is 177. The molecular formula is C14H29NO. The Morgan fingerprint density at radius 1 is 1.06 bits per heavy atom. The van der Waals surface area contributed by atoms with E-state index in [1.807, 2.05) is 13.8 Å². The van der Waals surface area contributed by atoms with Gasteiger partial charge in [0.15, 0.2) is 0 Å². The van der Waals surface area contributed by atoms with Crippen LogP contribution in [0, 0.1) is 0 Å². The van der Waals surface area contributed by atoms with E-state index in [-0.39, 0.29) is 0 Å². The van der Waals surface area contributed by atoms with E-state index in [0.29, 0.717) is 11.6 Å². The fraction of sp³-hybridized carbons (Fsp3) is 1.00. The molecule has 1 atom stereocenters. The molecule has 2 heterocycles. The highest BCUT2D eigenvalue weighted by Crippen LogP contribution is 2.36. The summed E-state index contributed by atoms with van der Waals surface area (Å²) in [5, 5.41) is 0. The summed E-state index contributed by atoms with van der Waals surface area (Å²) in [6, 6.07) is 0.678. The summed E-state index contributed by atoms with van der Waals surface area (Å²) in [5.41, 5.74) is 0.407. The van der Waals surface area contributed by atoms with Gasteiger partial charge < -0.3 is 4.74 Å². The van der Waals surface area contributed by atoms with Crippen molar-refractivity contribution in [2.75, 3.05) is 19.8 Å². The fourth-order valence-electron chi connectivity index (χ4n) is 3.18. The number of rotatable bonds is 1. The first-order valence-corrected chi connectivity index (χ1v) is 7.09. The topological polar surface area (TPSA) is 12.5 Å². The van der Waals surface area contributed by atoms with Gasteiger partial charge in [0.05, 0.1) is 6.61 Å². The Morgan fingerprint density at radius 2 is 1.75 bits per heavy atom. The van der Waals surface area contributed by atoms with Crippen LogP contribution in [0.3, 0.4) is 0 Å². The molecule has 0 N–H and O–H groups in total. The molecule has 1 unspecified atom stereocenters. The molecule has 0 aromatic rings. The molecule has 0 radical (unpaired) electrons. The van der Waals surface area contributed by atoms with Crippen molar-refractivity contribution in [2.45, 2.75) is 71.4 Å². The number of nitrogens with zero attached hydrogens (tertiary/aromatic N) is 1. The van der Waals surface area contributed by atoms with Crippen LogP contribution in [0.1, 0.15) is 59.8 Å². The van der Waals surface area contributed by atoms with E-state index < -0.39 is 0 Å². The Hall–Kier alpha value is -0.0800. The minimum Gasteiger partial charge on any atom is -0.380 e. The van der Waals surface area contributed by atoms with Crippen molar-refractivity contribution in [1.29, 1.82) is 0 Å². The third-order valence-electron chi connectivity index (χ3n) is 3.83. The number of hydrogen-bond acceptors (Lipinski definition) is 2. The summed E-state index contributed by atoms with van der Waals surface area (Å²) in [7, 11) is 0. The standard InChI is InChI=1S/C12H23NO.C2H6/c1-11(2)13-8-4-3-6-12(13)7-5-9-14-10-12;1-2/h11H,3-10H2,1-2H3;1-2H3. The van der Waals surface area contributed by atoms with Crippen LogP contribution < -0.4 is 0 Å². The zero-order valence-electron chi connectivity index (χ0n) is 11.6. The quantitative estimate of drug-likeness (QED) is 0.680. The maximum Gasteiger partial charge on any atom is 0.0650 e. The minimum atomic E-state index is 0.407. The van der Waals surface area contributed by atoms with Crippen LogP contribution in [-0.2, 0) is 4.74 Å². The smallest absolute Gasteiger partial charge is 0.0650 e. The first-order valence-electron chi connectivity index (χ1n) is 7.09. The predicted molar refractivity (Wildman–Crippen MR) is 69.8 cm³/mol. The van der Waals surface area contributed by atoms with E-state index in [1.165, 1.54) is 38.6 Å². The van der Waals surface area contributed by atoms with Crippen LogP contribution in [0.5, 0.6) is 0 Å². The zero-order chi connectivity index (χ0) is 12.0. The van der Waals surface area contributed by atoms with Crippen LogP contribution in [0.4, 0.5) is 0 Å². The van der Waals surface area contributed by atoms with Gasteiger partial charge in [-0.25, -0.2) is 0 Å². The van der Waals surface area contributed by atoms with E-state index in [4.69, 9.17) is 4.74 Å². The van der Waals surface area contributed by atoms with E-state index in [1.54, 1.807) is 0 Å². The largest absolute Gasteiger partial charge is 0.380 e. The Labute approximate surface area is 101 Å². The maximum atomic E-state index is 5.70. The van der Waals surface area contributed by atoms with Gasteiger partial charge in [-0.05, 0) is 46.1 Å². The third kappa shape index (κ3) is 2.98. The molecule has 2 fully saturated rings. The van der Waals surface area contributed by atoms with Crippen molar-refractivity contribution >= 4 is 0 Å². The average molecular weight is 227 g/mol. The summed E-state index contributed by atoms with van der Waals surface area (Å²) in [5.74, 6) is 0. The highest BCUT2D eigenvalue weighted by molar-refractivity contribution is 4.96. The summed E-state index contributed by atoms with van der Waals surface area (Å²) in [6.07, 6.45) is 6.73. The monoisotopic (exact) mass is 227 g/mol. The Kier molecular flexibility index (Phi) is 5.77. The van der Waals surface area contributed by atoms with Gasteiger partial charge in [-0.15, -0.1) is 0 Å². The molecule has 0 amide bonds. The van der Waals surface area contributed by atoms with Crippen molar-refractivity contribution in [3.63, 3.8) is 0 Å². The number of ether oxygens (including phenoxy) is 1. The van der Waals surface area contributed by atoms with E-state index in [9.17, 15) is 0 Å². The average Bonchev–Trinajstić information content (AvgIpc) is 2.33. The van der Waals surface area contributed by atoms with Crippen molar-refractivity contribution in [2.24, 2.45) is 0 Å². The summed E-state index contributed by atoms with van der Waals surface area (Å²) < 4.78 is 5.70.